The molecule has 3 rings (SSSR count). The standard InChI is InChI=1S/C19H22FN3.HI/c1-21-19(22-11-10-14-6-8-17(20)9-7-14)23-13-16-12-15-4-2-3-5-18(15)16;/h2-9,16H,10-13H2,1H3,(H2,21,22,23);1H. The molecule has 0 aromatic heterocycles. The Bertz CT molecular complexity index is 685. The van der Waals surface area contributed by atoms with Gasteiger partial charge in [-0.05, 0) is 41.7 Å². The van der Waals surface area contributed by atoms with Crippen LogP contribution in [0.15, 0.2) is 53.5 Å². The summed E-state index contributed by atoms with van der Waals surface area (Å²) in [5.41, 5.74) is 4.02. The number of nitrogens with zero attached hydrogens (tertiary/aromatic N) is 1. The van der Waals surface area contributed by atoms with Crippen molar-refractivity contribution < 1.29 is 4.39 Å². The lowest BCUT2D eigenvalue weighted by molar-refractivity contribution is 0.584. The molecule has 128 valence electrons. The highest BCUT2D eigenvalue weighted by Gasteiger charge is 2.25. The van der Waals surface area contributed by atoms with Gasteiger partial charge in [0.05, 0.1) is 0 Å². The molecule has 1 atom stereocenters. The number of fused-ring (bicyclic) bond motifs is 1. The SMILES string of the molecule is CN=C(NCCc1ccc(F)cc1)NCC1Cc2ccccc21.I. The first-order valence-corrected chi connectivity index (χ1v) is 8.03. The van der Waals surface area contributed by atoms with E-state index in [1.54, 1.807) is 7.05 Å². The minimum atomic E-state index is -0.194. The van der Waals surface area contributed by atoms with E-state index in [2.05, 4.69) is 39.9 Å². The summed E-state index contributed by atoms with van der Waals surface area (Å²) in [7, 11) is 1.78. The number of benzene rings is 2. The zero-order valence-electron chi connectivity index (χ0n) is 13.8. The van der Waals surface area contributed by atoms with Crippen LogP contribution in [0.1, 0.15) is 22.6 Å². The summed E-state index contributed by atoms with van der Waals surface area (Å²) >= 11 is 0. The summed E-state index contributed by atoms with van der Waals surface area (Å²) < 4.78 is 12.9. The van der Waals surface area contributed by atoms with Crippen molar-refractivity contribution in [3.63, 3.8) is 0 Å². The summed E-state index contributed by atoms with van der Waals surface area (Å²) in [6, 6.07) is 15.2. The van der Waals surface area contributed by atoms with E-state index in [4.69, 9.17) is 0 Å². The molecule has 0 aliphatic heterocycles. The lowest BCUT2D eigenvalue weighted by Gasteiger charge is -2.30. The minimum absolute atomic E-state index is 0. The van der Waals surface area contributed by atoms with E-state index in [9.17, 15) is 4.39 Å². The number of hydrogen-bond acceptors (Lipinski definition) is 1. The predicted octanol–water partition coefficient (Wildman–Crippen LogP) is 3.49. The third-order valence-electron chi connectivity index (χ3n) is 4.32. The number of nitrogens with one attached hydrogen (secondary N) is 2. The van der Waals surface area contributed by atoms with Crippen molar-refractivity contribution in [1.29, 1.82) is 0 Å². The van der Waals surface area contributed by atoms with Crippen molar-refractivity contribution in [3.8, 4) is 0 Å². The van der Waals surface area contributed by atoms with Gasteiger partial charge in [-0.25, -0.2) is 4.39 Å². The zero-order valence-corrected chi connectivity index (χ0v) is 16.1. The van der Waals surface area contributed by atoms with Crippen LogP contribution in [-0.2, 0) is 12.8 Å². The van der Waals surface area contributed by atoms with Crippen LogP contribution in [-0.4, -0.2) is 26.1 Å². The molecule has 0 saturated heterocycles. The number of hydrogen-bond donors (Lipinski definition) is 2. The number of halogens is 2. The van der Waals surface area contributed by atoms with Gasteiger partial charge < -0.3 is 10.6 Å². The van der Waals surface area contributed by atoms with E-state index in [1.165, 1.54) is 23.3 Å². The maximum Gasteiger partial charge on any atom is 0.191 e. The van der Waals surface area contributed by atoms with Crippen LogP contribution in [0.2, 0.25) is 0 Å². The molecule has 0 saturated carbocycles. The first-order chi connectivity index (χ1) is 11.3. The maximum absolute atomic E-state index is 12.9. The van der Waals surface area contributed by atoms with E-state index in [0.29, 0.717) is 5.92 Å². The quantitative estimate of drug-likeness (QED) is 0.425. The van der Waals surface area contributed by atoms with Gasteiger partial charge in [0.25, 0.3) is 0 Å². The van der Waals surface area contributed by atoms with Gasteiger partial charge in [-0.3, -0.25) is 4.99 Å². The fraction of sp³-hybridized carbons (Fsp3) is 0.316. The second-order valence-electron chi connectivity index (χ2n) is 5.86. The molecular formula is C19H23FIN3. The lowest BCUT2D eigenvalue weighted by Crippen LogP contribution is -2.41. The molecule has 1 aliphatic rings. The number of aliphatic imine (C=N–C) groups is 1. The fourth-order valence-electron chi connectivity index (χ4n) is 2.96. The normalized spacial score (nSPS) is 15.8. The van der Waals surface area contributed by atoms with Gasteiger partial charge in [0, 0.05) is 26.1 Å². The highest BCUT2D eigenvalue weighted by Crippen LogP contribution is 2.33. The number of rotatable bonds is 5. The predicted molar refractivity (Wildman–Crippen MR) is 108 cm³/mol. The van der Waals surface area contributed by atoms with Gasteiger partial charge in [0.2, 0.25) is 0 Å². The smallest absolute Gasteiger partial charge is 0.191 e. The Balaban J connectivity index is 0.00000208. The summed E-state index contributed by atoms with van der Waals surface area (Å²) in [6.45, 7) is 1.67. The van der Waals surface area contributed by atoms with Crippen LogP contribution in [0.25, 0.3) is 0 Å². The molecule has 24 heavy (non-hydrogen) atoms. The van der Waals surface area contributed by atoms with Crippen LogP contribution >= 0.6 is 24.0 Å². The highest BCUT2D eigenvalue weighted by atomic mass is 127. The third-order valence-corrected chi connectivity index (χ3v) is 4.32. The van der Waals surface area contributed by atoms with Crippen molar-refractivity contribution in [2.24, 2.45) is 4.99 Å². The van der Waals surface area contributed by atoms with Gasteiger partial charge in [0.15, 0.2) is 5.96 Å². The van der Waals surface area contributed by atoms with Crippen molar-refractivity contribution in [1.82, 2.24) is 10.6 Å². The fourth-order valence-corrected chi connectivity index (χ4v) is 2.96. The summed E-state index contributed by atoms with van der Waals surface area (Å²) in [4.78, 5) is 4.25. The van der Waals surface area contributed by atoms with Gasteiger partial charge in [-0.15, -0.1) is 24.0 Å². The molecule has 5 heteroatoms. The molecule has 0 radical (unpaired) electrons. The van der Waals surface area contributed by atoms with Crippen molar-refractivity contribution in [2.75, 3.05) is 20.1 Å². The molecule has 0 bridgehead atoms. The van der Waals surface area contributed by atoms with E-state index < -0.39 is 0 Å². The summed E-state index contributed by atoms with van der Waals surface area (Å²) in [5, 5.41) is 6.69. The molecular weight excluding hydrogens is 416 g/mol. The molecule has 2 aromatic rings. The molecule has 1 aliphatic carbocycles. The largest absolute Gasteiger partial charge is 0.356 e. The molecule has 1 unspecified atom stereocenters. The maximum atomic E-state index is 12.9. The first-order valence-electron chi connectivity index (χ1n) is 8.03. The monoisotopic (exact) mass is 439 g/mol. The van der Waals surface area contributed by atoms with Crippen molar-refractivity contribution in [2.45, 2.75) is 18.8 Å². The molecule has 3 nitrogen and oxygen atoms in total. The topological polar surface area (TPSA) is 36.4 Å². The van der Waals surface area contributed by atoms with E-state index >= 15 is 0 Å². The van der Waals surface area contributed by atoms with Gasteiger partial charge in [-0.2, -0.15) is 0 Å². The molecule has 0 spiro atoms. The molecule has 0 fully saturated rings. The van der Waals surface area contributed by atoms with Crippen LogP contribution in [0.4, 0.5) is 4.39 Å². The Morgan fingerprint density at radius 2 is 1.88 bits per heavy atom. The van der Waals surface area contributed by atoms with Crippen molar-refractivity contribution >= 4 is 29.9 Å². The highest BCUT2D eigenvalue weighted by molar-refractivity contribution is 14.0. The van der Waals surface area contributed by atoms with Crippen LogP contribution in [0.5, 0.6) is 0 Å². The van der Waals surface area contributed by atoms with E-state index in [0.717, 1.165) is 37.5 Å². The average Bonchev–Trinajstić information content (AvgIpc) is 2.56. The molecule has 0 heterocycles. The Hall–Kier alpha value is -1.63. The van der Waals surface area contributed by atoms with Gasteiger partial charge >= 0.3 is 0 Å². The van der Waals surface area contributed by atoms with E-state index in [1.807, 2.05) is 12.1 Å². The second-order valence-corrected chi connectivity index (χ2v) is 5.86. The molecule has 2 aromatic carbocycles. The zero-order chi connectivity index (χ0) is 16.1. The Labute approximate surface area is 159 Å². The summed E-state index contributed by atoms with van der Waals surface area (Å²) in [6.07, 6.45) is 1.98. The lowest BCUT2D eigenvalue weighted by atomic mass is 9.78. The summed E-state index contributed by atoms with van der Waals surface area (Å²) in [5.74, 6) is 1.19. The minimum Gasteiger partial charge on any atom is -0.356 e. The first kappa shape index (κ1) is 18.7. The Morgan fingerprint density at radius 3 is 2.58 bits per heavy atom. The Kier molecular flexibility index (Phi) is 7.02. The average molecular weight is 439 g/mol. The van der Waals surface area contributed by atoms with Crippen LogP contribution < -0.4 is 10.6 Å². The van der Waals surface area contributed by atoms with Crippen molar-refractivity contribution in [3.05, 3.63) is 71.0 Å². The second kappa shape index (κ2) is 9.01. The third kappa shape index (κ3) is 4.69. The molecule has 0 amide bonds. The van der Waals surface area contributed by atoms with Crippen LogP contribution in [0, 0.1) is 5.82 Å². The van der Waals surface area contributed by atoms with E-state index in [-0.39, 0.29) is 29.8 Å². The Morgan fingerprint density at radius 1 is 1.12 bits per heavy atom. The van der Waals surface area contributed by atoms with Gasteiger partial charge in [0.1, 0.15) is 5.82 Å². The van der Waals surface area contributed by atoms with Crippen LogP contribution in [0.3, 0.4) is 0 Å². The molecule has 2 N–H and O–H groups in total. The van der Waals surface area contributed by atoms with Gasteiger partial charge in [-0.1, -0.05) is 36.4 Å². The number of guanidine groups is 1.